The summed E-state index contributed by atoms with van der Waals surface area (Å²) in [6.45, 7) is 0.455. The fourth-order valence-electron chi connectivity index (χ4n) is 1.22. The molecule has 14 heavy (non-hydrogen) atoms. The minimum absolute atomic E-state index is 0.119. The van der Waals surface area contributed by atoms with Crippen molar-refractivity contribution in [2.75, 3.05) is 0 Å². The topological polar surface area (TPSA) is 57.6 Å². The minimum Gasteiger partial charge on any atom is -0.336 e. The Labute approximate surface area is 80.4 Å². The first-order valence-electron chi connectivity index (χ1n) is 4.22. The Hall–Kier alpha value is -1.85. The van der Waals surface area contributed by atoms with Crippen molar-refractivity contribution in [3.63, 3.8) is 0 Å². The van der Waals surface area contributed by atoms with Crippen molar-refractivity contribution >= 4 is 0 Å². The zero-order chi connectivity index (χ0) is 10.1. The maximum absolute atomic E-state index is 11.4. The van der Waals surface area contributed by atoms with Crippen LogP contribution in [0.15, 0.2) is 23.6 Å². The molecule has 0 aliphatic rings. The second-order valence-electron chi connectivity index (χ2n) is 3.18. The summed E-state index contributed by atoms with van der Waals surface area (Å²) >= 11 is 0. The van der Waals surface area contributed by atoms with Crippen molar-refractivity contribution in [1.29, 1.82) is 0 Å². The Bertz CT molecular complexity index is 492. The van der Waals surface area contributed by atoms with Gasteiger partial charge in [0.2, 0.25) is 0 Å². The lowest BCUT2D eigenvalue weighted by Gasteiger charge is -2.00. The molecule has 2 aromatic rings. The summed E-state index contributed by atoms with van der Waals surface area (Å²) in [4.78, 5) is 15.4. The van der Waals surface area contributed by atoms with E-state index in [4.69, 9.17) is 0 Å². The van der Waals surface area contributed by atoms with Crippen molar-refractivity contribution in [1.82, 2.24) is 23.9 Å². The fraction of sp³-hybridized carbons (Fsp3) is 0.375. The number of aromatic nitrogens is 5. The van der Waals surface area contributed by atoms with Crippen LogP contribution in [-0.2, 0) is 20.6 Å². The molecule has 0 aliphatic carbocycles. The number of rotatable bonds is 2. The molecule has 0 fully saturated rings. The lowest BCUT2D eigenvalue weighted by atomic mass is 10.5. The van der Waals surface area contributed by atoms with E-state index in [1.54, 1.807) is 19.6 Å². The highest BCUT2D eigenvalue weighted by molar-refractivity contribution is 4.97. The molecule has 0 aliphatic heterocycles. The van der Waals surface area contributed by atoms with Crippen molar-refractivity contribution in [3.05, 3.63) is 35.0 Å². The number of nitrogens with zero attached hydrogens (tertiary/aromatic N) is 5. The van der Waals surface area contributed by atoms with Gasteiger partial charge >= 0.3 is 5.69 Å². The van der Waals surface area contributed by atoms with Gasteiger partial charge in [0.25, 0.3) is 0 Å². The molecule has 0 radical (unpaired) electrons. The molecule has 0 aromatic carbocycles. The van der Waals surface area contributed by atoms with E-state index in [9.17, 15) is 4.79 Å². The zero-order valence-corrected chi connectivity index (χ0v) is 8.08. The van der Waals surface area contributed by atoms with Crippen LogP contribution in [-0.4, -0.2) is 23.9 Å². The van der Waals surface area contributed by atoms with E-state index in [-0.39, 0.29) is 5.69 Å². The molecule has 0 N–H and O–H groups in total. The van der Waals surface area contributed by atoms with Crippen LogP contribution in [0.25, 0.3) is 0 Å². The van der Waals surface area contributed by atoms with E-state index >= 15 is 0 Å². The van der Waals surface area contributed by atoms with E-state index in [0.29, 0.717) is 6.54 Å². The lowest BCUT2D eigenvalue weighted by Crippen LogP contribution is -2.24. The first kappa shape index (κ1) is 8.74. The smallest absolute Gasteiger partial charge is 0.336 e. The van der Waals surface area contributed by atoms with Gasteiger partial charge in [-0.15, -0.1) is 0 Å². The molecule has 74 valence electrons. The maximum Gasteiger partial charge on any atom is 0.345 e. The number of aryl methyl sites for hydroxylation is 2. The van der Waals surface area contributed by atoms with Gasteiger partial charge in [-0.2, -0.15) is 5.10 Å². The molecule has 2 rings (SSSR count). The fourth-order valence-corrected chi connectivity index (χ4v) is 1.22. The van der Waals surface area contributed by atoms with Crippen molar-refractivity contribution in [2.24, 2.45) is 14.1 Å². The number of hydrogen-bond acceptors (Lipinski definition) is 3. The number of imidazole rings is 1. The zero-order valence-electron chi connectivity index (χ0n) is 8.08. The van der Waals surface area contributed by atoms with Crippen LogP contribution in [0.1, 0.15) is 5.69 Å². The van der Waals surface area contributed by atoms with Crippen LogP contribution in [0.3, 0.4) is 0 Å². The summed E-state index contributed by atoms with van der Waals surface area (Å²) in [5, 5.41) is 3.96. The molecule has 0 saturated heterocycles. The van der Waals surface area contributed by atoms with E-state index in [2.05, 4.69) is 10.1 Å². The van der Waals surface area contributed by atoms with Crippen LogP contribution in [0.4, 0.5) is 0 Å². The molecule has 0 saturated carbocycles. The van der Waals surface area contributed by atoms with Crippen LogP contribution < -0.4 is 5.69 Å². The van der Waals surface area contributed by atoms with Crippen molar-refractivity contribution in [3.8, 4) is 0 Å². The van der Waals surface area contributed by atoms with Gasteiger partial charge in [0.1, 0.15) is 6.33 Å². The number of hydrogen-bond donors (Lipinski definition) is 0. The normalized spacial score (nSPS) is 10.7. The Morgan fingerprint density at radius 1 is 1.29 bits per heavy atom. The highest BCUT2D eigenvalue weighted by Gasteiger charge is 2.04. The molecule has 6 heteroatoms. The first-order chi connectivity index (χ1) is 6.68. The molecule has 0 bridgehead atoms. The SMILES string of the molecule is Cn1cncc1Cn1ncn(C)c1=O. The third-order valence-corrected chi connectivity index (χ3v) is 2.11. The predicted molar refractivity (Wildman–Crippen MR) is 49.8 cm³/mol. The Morgan fingerprint density at radius 3 is 2.57 bits per heavy atom. The molecule has 0 spiro atoms. The molecule has 0 amide bonds. The largest absolute Gasteiger partial charge is 0.345 e. The van der Waals surface area contributed by atoms with Gasteiger partial charge in [-0.25, -0.2) is 14.5 Å². The summed E-state index contributed by atoms with van der Waals surface area (Å²) in [6.07, 6.45) is 4.92. The summed E-state index contributed by atoms with van der Waals surface area (Å²) in [6, 6.07) is 0. The van der Waals surface area contributed by atoms with Crippen LogP contribution in [0, 0.1) is 0 Å². The second kappa shape index (κ2) is 3.13. The first-order valence-corrected chi connectivity index (χ1v) is 4.22. The van der Waals surface area contributed by atoms with Crippen LogP contribution >= 0.6 is 0 Å². The van der Waals surface area contributed by atoms with Crippen LogP contribution in [0.2, 0.25) is 0 Å². The summed E-state index contributed by atoms with van der Waals surface area (Å²) in [5.41, 5.74) is 0.831. The average Bonchev–Trinajstić information content (AvgIpc) is 2.68. The van der Waals surface area contributed by atoms with Gasteiger partial charge in [0.05, 0.1) is 24.8 Å². The van der Waals surface area contributed by atoms with Gasteiger partial charge in [-0.1, -0.05) is 0 Å². The Morgan fingerprint density at radius 2 is 2.07 bits per heavy atom. The van der Waals surface area contributed by atoms with Gasteiger partial charge < -0.3 is 4.57 Å². The lowest BCUT2D eigenvalue weighted by molar-refractivity contribution is 0.617. The predicted octanol–water partition coefficient (Wildman–Crippen LogP) is -0.636. The van der Waals surface area contributed by atoms with Crippen LogP contribution in [0.5, 0.6) is 0 Å². The quantitative estimate of drug-likeness (QED) is 0.637. The minimum atomic E-state index is -0.119. The maximum atomic E-state index is 11.4. The van der Waals surface area contributed by atoms with Gasteiger partial charge in [0.15, 0.2) is 0 Å². The molecule has 0 unspecified atom stereocenters. The van der Waals surface area contributed by atoms with Crippen molar-refractivity contribution in [2.45, 2.75) is 6.54 Å². The molecule has 2 aromatic heterocycles. The standard InChI is InChI=1S/C8H11N5O/c1-11-5-9-3-7(11)4-13-8(14)12(2)6-10-13/h3,5-6H,4H2,1-2H3. The molecular weight excluding hydrogens is 182 g/mol. The third kappa shape index (κ3) is 1.34. The molecule has 6 nitrogen and oxygen atoms in total. The Kier molecular flexibility index (Phi) is 1.95. The van der Waals surface area contributed by atoms with Crippen molar-refractivity contribution < 1.29 is 0 Å². The summed E-state index contributed by atoms with van der Waals surface area (Å²) in [5.74, 6) is 0. The second-order valence-corrected chi connectivity index (χ2v) is 3.18. The van der Waals surface area contributed by atoms with E-state index in [1.165, 1.54) is 15.6 Å². The monoisotopic (exact) mass is 193 g/mol. The van der Waals surface area contributed by atoms with E-state index in [1.807, 2.05) is 11.6 Å². The van der Waals surface area contributed by atoms with Gasteiger partial charge in [-0.3, -0.25) is 4.57 Å². The van der Waals surface area contributed by atoms with Gasteiger partial charge in [0, 0.05) is 14.1 Å². The Balaban J connectivity index is 2.32. The molecule has 2 heterocycles. The third-order valence-electron chi connectivity index (χ3n) is 2.11. The summed E-state index contributed by atoms with van der Waals surface area (Å²) in [7, 11) is 3.56. The van der Waals surface area contributed by atoms with E-state index in [0.717, 1.165) is 5.69 Å². The highest BCUT2D eigenvalue weighted by atomic mass is 16.2. The van der Waals surface area contributed by atoms with E-state index < -0.39 is 0 Å². The average molecular weight is 193 g/mol. The molecular formula is C8H11N5O. The van der Waals surface area contributed by atoms with Gasteiger partial charge in [-0.05, 0) is 0 Å². The highest BCUT2D eigenvalue weighted by Crippen LogP contribution is 1.96. The summed E-state index contributed by atoms with van der Waals surface area (Å²) < 4.78 is 4.70. The molecule has 0 atom stereocenters.